The van der Waals surface area contributed by atoms with Crippen molar-refractivity contribution >= 4 is 18.3 Å². The van der Waals surface area contributed by atoms with Crippen LogP contribution in [0.4, 0.5) is 0 Å². The van der Waals surface area contributed by atoms with Gasteiger partial charge < -0.3 is 19.5 Å². The zero-order chi connectivity index (χ0) is 13.0. The van der Waals surface area contributed by atoms with Crippen molar-refractivity contribution in [3.8, 4) is 0 Å². The third kappa shape index (κ3) is 4.81. The normalized spacial score (nSPS) is 18.7. The number of nitrogens with zero attached hydrogens (tertiary/aromatic N) is 2. The van der Waals surface area contributed by atoms with Gasteiger partial charge in [-0.2, -0.15) is 0 Å². The molecule has 1 aromatic rings. The molecule has 1 aromatic heterocycles. The van der Waals surface area contributed by atoms with Crippen LogP contribution in [0.3, 0.4) is 0 Å². The molecule has 1 amide bonds. The van der Waals surface area contributed by atoms with Crippen molar-refractivity contribution in [2.24, 2.45) is 0 Å². The molecule has 19 heavy (non-hydrogen) atoms. The summed E-state index contributed by atoms with van der Waals surface area (Å²) in [6.45, 7) is 4.57. The zero-order valence-corrected chi connectivity index (χ0v) is 12.0. The molecule has 1 unspecified atom stereocenters. The molecule has 0 spiro atoms. The zero-order valence-electron chi connectivity index (χ0n) is 11.2. The maximum absolute atomic E-state index is 12.0. The summed E-state index contributed by atoms with van der Waals surface area (Å²) in [6, 6.07) is 1.84. The molecule has 6 nitrogen and oxygen atoms in total. The number of nitrogens with one attached hydrogen (secondary N) is 1. The summed E-state index contributed by atoms with van der Waals surface area (Å²) < 4.78 is 10.5. The summed E-state index contributed by atoms with van der Waals surface area (Å²) in [5, 5.41) is 7.08. The smallest absolute Gasteiger partial charge is 0.225 e. The molecular formula is C12H20ClN3O3. The number of hydrogen-bond acceptors (Lipinski definition) is 5. The van der Waals surface area contributed by atoms with E-state index in [4.69, 9.17) is 9.26 Å². The van der Waals surface area contributed by atoms with Crippen molar-refractivity contribution in [2.75, 3.05) is 26.7 Å². The summed E-state index contributed by atoms with van der Waals surface area (Å²) in [4.78, 5) is 13.6. The van der Waals surface area contributed by atoms with E-state index >= 15 is 0 Å². The summed E-state index contributed by atoms with van der Waals surface area (Å²) >= 11 is 0. The highest BCUT2D eigenvalue weighted by Crippen LogP contribution is 2.08. The molecule has 0 bridgehead atoms. The van der Waals surface area contributed by atoms with Gasteiger partial charge in [0.25, 0.3) is 0 Å². The lowest BCUT2D eigenvalue weighted by atomic mass is 10.2. The lowest BCUT2D eigenvalue weighted by Crippen LogP contribution is -2.41. The Morgan fingerprint density at radius 3 is 3.00 bits per heavy atom. The van der Waals surface area contributed by atoms with E-state index in [1.54, 1.807) is 11.9 Å². The van der Waals surface area contributed by atoms with E-state index in [-0.39, 0.29) is 24.4 Å². The highest BCUT2D eigenvalue weighted by atomic mass is 35.5. The molecule has 1 aliphatic rings. The monoisotopic (exact) mass is 289 g/mol. The van der Waals surface area contributed by atoms with Crippen molar-refractivity contribution < 1.29 is 14.1 Å². The average Bonchev–Trinajstić information content (AvgIpc) is 2.76. The van der Waals surface area contributed by atoms with E-state index in [1.165, 1.54) is 0 Å². The maximum Gasteiger partial charge on any atom is 0.225 e. The molecule has 7 heteroatoms. The Bertz CT molecular complexity index is 405. The topological polar surface area (TPSA) is 67.6 Å². The lowest BCUT2D eigenvalue weighted by molar-refractivity contribution is -0.134. The molecule has 0 aliphatic carbocycles. The first kappa shape index (κ1) is 15.9. The highest BCUT2D eigenvalue weighted by molar-refractivity contribution is 5.85. The number of aryl methyl sites for hydroxylation is 1. The first-order valence-electron chi connectivity index (χ1n) is 6.13. The predicted octanol–water partition coefficient (Wildman–Crippen LogP) is 0.742. The van der Waals surface area contributed by atoms with Gasteiger partial charge >= 0.3 is 0 Å². The van der Waals surface area contributed by atoms with Gasteiger partial charge in [0.1, 0.15) is 11.5 Å². The fraction of sp³-hybridized carbons (Fsp3) is 0.667. The van der Waals surface area contributed by atoms with Gasteiger partial charge in [-0.15, -0.1) is 12.4 Å². The Hall–Kier alpha value is -1.11. The minimum absolute atomic E-state index is 0. The van der Waals surface area contributed by atoms with Gasteiger partial charge in [0.15, 0.2) is 0 Å². The standard InChI is InChI=1S/C12H19N3O3.ClH/c1-9-5-10(14-18-9)8-15(2)12(16)6-11-7-13-3-4-17-11;/h5,11,13H,3-4,6-8H2,1-2H3;1H. The molecule has 1 fully saturated rings. The van der Waals surface area contributed by atoms with Crippen LogP contribution in [0.25, 0.3) is 0 Å². The molecular weight excluding hydrogens is 270 g/mol. The van der Waals surface area contributed by atoms with E-state index in [2.05, 4.69) is 10.5 Å². The number of ether oxygens (including phenoxy) is 1. The van der Waals surface area contributed by atoms with Crippen molar-refractivity contribution in [1.29, 1.82) is 0 Å². The van der Waals surface area contributed by atoms with Crippen LogP contribution in [-0.4, -0.2) is 48.8 Å². The van der Waals surface area contributed by atoms with Gasteiger partial charge in [-0.05, 0) is 6.92 Å². The van der Waals surface area contributed by atoms with Crippen molar-refractivity contribution in [3.63, 3.8) is 0 Å². The van der Waals surface area contributed by atoms with Gasteiger partial charge in [-0.1, -0.05) is 5.16 Å². The van der Waals surface area contributed by atoms with Crippen LogP contribution in [0.1, 0.15) is 17.9 Å². The molecule has 1 aliphatic heterocycles. The molecule has 0 aromatic carbocycles. The van der Waals surface area contributed by atoms with E-state index in [0.717, 1.165) is 24.5 Å². The molecule has 2 rings (SSSR count). The minimum atomic E-state index is -0.0206. The van der Waals surface area contributed by atoms with Crippen molar-refractivity contribution in [2.45, 2.75) is 26.0 Å². The van der Waals surface area contributed by atoms with Crippen LogP contribution in [0.2, 0.25) is 0 Å². The number of rotatable bonds is 4. The quantitative estimate of drug-likeness (QED) is 0.885. The van der Waals surface area contributed by atoms with Crippen LogP contribution in [0.15, 0.2) is 10.6 Å². The van der Waals surface area contributed by atoms with Gasteiger partial charge in [-0.25, -0.2) is 0 Å². The summed E-state index contributed by atoms with van der Waals surface area (Å²) in [7, 11) is 1.77. The average molecular weight is 290 g/mol. The van der Waals surface area contributed by atoms with E-state index < -0.39 is 0 Å². The maximum atomic E-state index is 12.0. The summed E-state index contributed by atoms with van der Waals surface area (Å²) in [6.07, 6.45) is 0.383. The largest absolute Gasteiger partial charge is 0.375 e. The number of morpholine rings is 1. The fourth-order valence-electron chi connectivity index (χ4n) is 1.93. The van der Waals surface area contributed by atoms with Crippen LogP contribution in [0.5, 0.6) is 0 Å². The van der Waals surface area contributed by atoms with Crippen LogP contribution in [0, 0.1) is 6.92 Å². The molecule has 1 N–H and O–H groups in total. The number of aromatic nitrogens is 1. The molecule has 2 heterocycles. The van der Waals surface area contributed by atoms with E-state index in [1.807, 2.05) is 13.0 Å². The molecule has 1 saturated heterocycles. The first-order chi connectivity index (χ1) is 8.65. The van der Waals surface area contributed by atoms with Crippen molar-refractivity contribution in [1.82, 2.24) is 15.4 Å². The van der Waals surface area contributed by atoms with Gasteiger partial charge in [-0.3, -0.25) is 4.79 Å². The Morgan fingerprint density at radius 1 is 1.63 bits per heavy atom. The third-order valence-corrected chi connectivity index (χ3v) is 2.91. The van der Waals surface area contributed by atoms with Crippen LogP contribution >= 0.6 is 12.4 Å². The molecule has 1 atom stereocenters. The van der Waals surface area contributed by atoms with Crippen LogP contribution < -0.4 is 5.32 Å². The van der Waals surface area contributed by atoms with E-state index in [0.29, 0.717) is 19.6 Å². The molecule has 108 valence electrons. The van der Waals surface area contributed by atoms with Crippen molar-refractivity contribution in [3.05, 3.63) is 17.5 Å². The number of hydrogen-bond donors (Lipinski definition) is 1. The Morgan fingerprint density at radius 2 is 2.42 bits per heavy atom. The van der Waals surface area contributed by atoms with Gasteiger partial charge in [0.2, 0.25) is 5.91 Å². The van der Waals surface area contributed by atoms with E-state index in [9.17, 15) is 4.79 Å². The number of carbonyl (C=O) groups is 1. The third-order valence-electron chi connectivity index (χ3n) is 2.91. The Labute approximate surface area is 118 Å². The molecule has 0 radical (unpaired) electrons. The van der Waals surface area contributed by atoms with Gasteiger partial charge in [0.05, 0.1) is 25.7 Å². The van der Waals surface area contributed by atoms with Crippen LogP contribution in [-0.2, 0) is 16.1 Å². The first-order valence-corrected chi connectivity index (χ1v) is 6.13. The SMILES string of the molecule is Cc1cc(CN(C)C(=O)CC2CNCCO2)no1.Cl. The molecule has 0 saturated carbocycles. The minimum Gasteiger partial charge on any atom is -0.375 e. The number of amides is 1. The predicted molar refractivity (Wildman–Crippen MR) is 72.2 cm³/mol. The second kappa shape index (κ2) is 7.47. The Balaban J connectivity index is 0.00000180. The second-order valence-electron chi connectivity index (χ2n) is 4.58. The Kier molecular flexibility index (Phi) is 6.27. The number of carbonyl (C=O) groups excluding carboxylic acids is 1. The highest BCUT2D eigenvalue weighted by Gasteiger charge is 2.20. The van der Waals surface area contributed by atoms with Gasteiger partial charge in [0, 0.05) is 26.2 Å². The number of halogens is 1. The summed E-state index contributed by atoms with van der Waals surface area (Å²) in [5.74, 6) is 0.815. The fourth-order valence-corrected chi connectivity index (χ4v) is 1.93. The summed E-state index contributed by atoms with van der Waals surface area (Å²) in [5.41, 5.74) is 0.769. The lowest BCUT2D eigenvalue weighted by Gasteiger charge is -2.25. The second-order valence-corrected chi connectivity index (χ2v) is 4.58.